The van der Waals surface area contributed by atoms with E-state index in [9.17, 15) is 13.2 Å². The van der Waals surface area contributed by atoms with Crippen molar-refractivity contribution in [2.45, 2.75) is 6.92 Å². The topological polar surface area (TPSA) is 81.7 Å². The normalized spacial score (nSPS) is 13.6. The van der Waals surface area contributed by atoms with Crippen molar-refractivity contribution in [3.63, 3.8) is 0 Å². The van der Waals surface area contributed by atoms with E-state index < -0.39 is 10.0 Å². The Kier molecular flexibility index (Phi) is 5.27. The van der Waals surface area contributed by atoms with Gasteiger partial charge in [-0.2, -0.15) is 0 Å². The van der Waals surface area contributed by atoms with Crippen LogP contribution in [0.15, 0.2) is 48.5 Å². The standard InChI is InChI=1S/C19H19NO5S/c1-2-26(22,23)20-16-7-5-15(6-8-16)17(21)9-3-14-4-10-18-19(13-14)25-12-11-24-18/h3-10,13,20H,2,11-12H2,1H3/b9-3+. The van der Waals surface area contributed by atoms with Crippen molar-refractivity contribution < 1.29 is 22.7 Å². The molecule has 2 aromatic carbocycles. The first-order valence-electron chi connectivity index (χ1n) is 8.19. The molecule has 0 bridgehead atoms. The zero-order valence-electron chi connectivity index (χ0n) is 14.3. The summed E-state index contributed by atoms with van der Waals surface area (Å²) in [5.41, 5.74) is 1.73. The zero-order valence-corrected chi connectivity index (χ0v) is 15.1. The SMILES string of the molecule is CCS(=O)(=O)Nc1ccc(C(=O)/C=C/c2ccc3c(c2)OCCO3)cc1. The first-order valence-corrected chi connectivity index (χ1v) is 9.85. The second kappa shape index (κ2) is 7.61. The van der Waals surface area contributed by atoms with Crippen LogP contribution >= 0.6 is 0 Å². The molecular weight excluding hydrogens is 354 g/mol. The third kappa shape index (κ3) is 4.43. The highest BCUT2D eigenvalue weighted by atomic mass is 32.2. The summed E-state index contributed by atoms with van der Waals surface area (Å²) in [5, 5.41) is 0. The van der Waals surface area contributed by atoms with E-state index in [1.165, 1.54) is 6.08 Å². The molecule has 1 aliphatic heterocycles. The predicted octanol–water partition coefficient (Wildman–Crippen LogP) is 3.12. The highest BCUT2D eigenvalue weighted by molar-refractivity contribution is 7.92. The first-order chi connectivity index (χ1) is 12.5. The Hall–Kier alpha value is -2.80. The van der Waals surface area contributed by atoms with E-state index in [1.54, 1.807) is 37.3 Å². The van der Waals surface area contributed by atoms with Gasteiger partial charge < -0.3 is 9.47 Å². The van der Waals surface area contributed by atoms with Crippen molar-refractivity contribution in [2.75, 3.05) is 23.7 Å². The quantitative estimate of drug-likeness (QED) is 0.621. The van der Waals surface area contributed by atoms with Gasteiger partial charge in [-0.3, -0.25) is 9.52 Å². The fraction of sp³-hybridized carbons (Fsp3) is 0.211. The van der Waals surface area contributed by atoms with E-state index in [1.807, 2.05) is 18.2 Å². The molecule has 0 unspecified atom stereocenters. The number of ketones is 1. The van der Waals surface area contributed by atoms with Gasteiger partial charge in [-0.1, -0.05) is 12.1 Å². The zero-order chi connectivity index (χ0) is 18.6. The molecule has 0 fully saturated rings. The Labute approximate surface area is 152 Å². The maximum Gasteiger partial charge on any atom is 0.232 e. The summed E-state index contributed by atoms with van der Waals surface area (Å²) >= 11 is 0. The molecule has 0 aromatic heterocycles. The second-order valence-electron chi connectivity index (χ2n) is 5.68. The van der Waals surface area contributed by atoms with Crippen LogP contribution in [0.5, 0.6) is 11.5 Å². The molecule has 3 rings (SSSR count). The molecule has 26 heavy (non-hydrogen) atoms. The van der Waals surface area contributed by atoms with Crippen molar-refractivity contribution >= 4 is 27.6 Å². The van der Waals surface area contributed by atoms with Crippen molar-refractivity contribution in [3.8, 4) is 11.5 Å². The van der Waals surface area contributed by atoms with Crippen LogP contribution in [0.2, 0.25) is 0 Å². The van der Waals surface area contributed by atoms with E-state index in [0.717, 1.165) is 5.56 Å². The summed E-state index contributed by atoms with van der Waals surface area (Å²) in [7, 11) is -3.33. The molecule has 6 nitrogen and oxygen atoms in total. The average molecular weight is 373 g/mol. The van der Waals surface area contributed by atoms with E-state index in [0.29, 0.717) is 36.0 Å². The van der Waals surface area contributed by atoms with Gasteiger partial charge in [0.05, 0.1) is 5.75 Å². The lowest BCUT2D eigenvalue weighted by Crippen LogP contribution is -2.15. The summed E-state index contributed by atoms with van der Waals surface area (Å²) in [6.45, 7) is 2.60. The number of carbonyl (C=O) groups is 1. The maximum absolute atomic E-state index is 12.3. The molecule has 0 radical (unpaired) electrons. The number of carbonyl (C=O) groups excluding carboxylic acids is 1. The van der Waals surface area contributed by atoms with Crippen molar-refractivity contribution in [1.82, 2.24) is 0 Å². The molecule has 1 aliphatic rings. The highest BCUT2D eigenvalue weighted by Gasteiger charge is 2.11. The van der Waals surface area contributed by atoms with Crippen LogP contribution in [-0.2, 0) is 10.0 Å². The Morgan fingerprint density at radius 1 is 1.08 bits per heavy atom. The minimum Gasteiger partial charge on any atom is -0.486 e. The molecular formula is C19H19NO5S. The van der Waals surface area contributed by atoms with Gasteiger partial charge in [0.15, 0.2) is 17.3 Å². The number of fused-ring (bicyclic) bond motifs is 1. The van der Waals surface area contributed by atoms with Gasteiger partial charge in [0, 0.05) is 11.3 Å². The lowest BCUT2D eigenvalue weighted by molar-refractivity contribution is 0.104. The predicted molar refractivity (Wildman–Crippen MR) is 100 cm³/mol. The van der Waals surface area contributed by atoms with Crippen LogP contribution in [0.1, 0.15) is 22.8 Å². The number of benzene rings is 2. The van der Waals surface area contributed by atoms with Gasteiger partial charge in [-0.05, 0) is 55.0 Å². The van der Waals surface area contributed by atoms with E-state index in [-0.39, 0.29) is 11.5 Å². The van der Waals surface area contributed by atoms with Crippen LogP contribution < -0.4 is 14.2 Å². The molecule has 1 N–H and O–H groups in total. The Morgan fingerprint density at radius 3 is 2.46 bits per heavy atom. The molecule has 0 saturated heterocycles. The largest absolute Gasteiger partial charge is 0.486 e. The van der Waals surface area contributed by atoms with Gasteiger partial charge >= 0.3 is 0 Å². The minimum absolute atomic E-state index is 0.00798. The fourth-order valence-corrected chi connectivity index (χ4v) is 3.03. The molecule has 2 aromatic rings. The number of anilines is 1. The maximum atomic E-state index is 12.3. The Bertz CT molecular complexity index is 933. The number of hydrogen-bond donors (Lipinski definition) is 1. The Morgan fingerprint density at radius 2 is 1.77 bits per heavy atom. The van der Waals surface area contributed by atoms with Crippen molar-refractivity contribution in [2.24, 2.45) is 0 Å². The molecule has 0 saturated carbocycles. The van der Waals surface area contributed by atoms with Crippen LogP contribution in [0.3, 0.4) is 0 Å². The van der Waals surface area contributed by atoms with Gasteiger partial charge in [0.1, 0.15) is 13.2 Å². The summed E-state index contributed by atoms with van der Waals surface area (Å²) in [6.07, 6.45) is 3.17. The van der Waals surface area contributed by atoms with Gasteiger partial charge in [-0.25, -0.2) is 8.42 Å². The monoisotopic (exact) mass is 373 g/mol. The van der Waals surface area contributed by atoms with Gasteiger partial charge in [0.25, 0.3) is 0 Å². The Balaban J connectivity index is 1.69. The highest BCUT2D eigenvalue weighted by Crippen LogP contribution is 2.31. The van der Waals surface area contributed by atoms with Crippen LogP contribution in [-0.4, -0.2) is 33.2 Å². The number of hydrogen-bond acceptors (Lipinski definition) is 5. The third-order valence-electron chi connectivity index (χ3n) is 3.82. The smallest absolute Gasteiger partial charge is 0.232 e. The minimum atomic E-state index is -3.33. The number of ether oxygens (including phenoxy) is 2. The van der Waals surface area contributed by atoms with Crippen LogP contribution in [0, 0.1) is 0 Å². The molecule has 0 spiro atoms. The first kappa shape index (κ1) is 18.0. The summed E-state index contributed by atoms with van der Waals surface area (Å²) in [4.78, 5) is 12.3. The fourth-order valence-electron chi connectivity index (χ4n) is 2.39. The van der Waals surface area contributed by atoms with Crippen molar-refractivity contribution in [3.05, 3.63) is 59.7 Å². The van der Waals surface area contributed by atoms with E-state index in [4.69, 9.17) is 9.47 Å². The molecule has 0 aliphatic carbocycles. The number of rotatable bonds is 6. The van der Waals surface area contributed by atoms with Crippen LogP contribution in [0.25, 0.3) is 6.08 Å². The molecule has 7 heteroatoms. The van der Waals surface area contributed by atoms with E-state index in [2.05, 4.69) is 4.72 Å². The number of sulfonamides is 1. The van der Waals surface area contributed by atoms with Gasteiger partial charge in [0.2, 0.25) is 10.0 Å². The summed E-state index contributed by atoms with van der Waals surface area (Å²) in [5.74, 6) is 1.18. The summed E-state index contributed by atoms with van der Waals surface area (Å²) in [6, 6.07) is 11.8. The average Bonchev–Trinajstić information content (AvgIpc) is 2.66. The lowest BCUT2D eigenvalue weighted by Gasteiger charge is -2.18. The second-order valence-corrected chi connectivity index (χ2v) is 7.69. The van der Waals surface area contributed by atoms with Gasteiger partial charge in [-0.15, -0.1) is 0 Å². The number of allylic oxidation sites excluding steroid dienone is 1. The van der Waals surface area contributed by atoms with E-state index >= 15 is 0 Å². The molecule has 0 amide bonds. The number of nitrogens with one attached hydrogen (secondary N) is 1. The summed E-state index contributed by atoms with van der Waals surface area (Å²) < 4.78 is 36.5. The lowest BCUT2D eigenvalue weighted by atomic mass is 10.1. The molecule has 0 atom stereocenters. The molecule has 136 valence electrons. The van der Waals surface area contributed by atoms with Crippen molar-refractivity contribution in [1.29, 1.82) is 0 Å². The molecule has 1 heterocycles. The third-order valence-corrected chi connectivity index (χ3v) is 5.12. The van der Waals surface area contributed by atoms with Crippen LogP contribution in [0.4, 0.5) is 5.69 Å².